The van der Waals surface area contributed by atoms with Crippen molar-refractivity contribution in [2.75, 3.05) is 0 Å². The van der Waals surface area contributed by atoms with Gasteiger partial charge in [0.25, 0.3) is 0 Å². The zero-order valence-electron chi connectivity index (χ0n) is 7.03. The van der Waals surface area contributed by atoms with Gasteiger partial charge in [-0.15, -0.1) is 0 Å². The van der Waals surface area contributed by atoms with E-state index in [1.165, 1.54) is 12.1 Å². The Morgan fingerprint density at radius 3 is 2.53 bits per heavy atom. The summed E-state index contributed by atoms with van der Waals surface area (Å²) in [6, 6.07) is 3.83. The van der Waals surface area contributed by atoms with Crippen LogP contribution in [0, 0.1) is 10.1 Å². The van der Waals surface area contributed by atoms with Crippen molar-refractivity contribution in [2.45, 2.75) is 0 Å². The molecule has 0 radical (unpaired) electrons. The van der Waals surface area contributed by atoms with Gasteiger partial charge in [-0.25, -0.2) is 4.57 Å². The van der Waals surface area contributed by atoms with E-state index in [1.807, 2.05) is 0 Å². The summed E-state index contributed by atoms with van der Waals surface area (Å²) in [4.78, 5) is 26.8. The van der Waals surface area contributed by atoms with Crippen LogP contribution in [0.1, 0.15) is 0 Å². The standard InChI is InChI=1S/C6H5BrNO6P/c7-4-2-1-3-5(6(4)8(9)10)14-15(11,12)13/h1-3H,(H2,11,12,13). The Morgan fingerprint density at radius 2 is 2.07 bits per heavy atom. The second kappa shape index (κ2) is 4.28. The minimum Gasteiger partial charge on any atom is -0.397 e. The number of phosphoric ester groups is 1. The first-order valence-corrected chi connectivity index (χ1v) is 5.81. The second-order valence-electron chi connectivity index (χ2n) is 2.43. The topological polar surface area (TPSA) is 110 Å². The summed E-state index contributed by atoms with van der Waals surface area (Å²) in [5.41, 5.74) is -0.527. The van der Waals surface area contributed by atoms with E-state index in [-0.39, 0.29) is 4.47 Å². The number of para-hydroxylation sites is 1. The summed E-state index contributed by atoms with van der Waals surface area (Å²) >= 11 is 2.88. The molecule has 2 N–H and O–H groups in total. The third-order valence-electron chi connectivity index (χ3n) is 1.35. The number of benzene rings is 1. The van der Waals surface area contributed by atoms with E-state index in [2.05, 4.69) is 20.5 Å². The Kier molecular flexibility index (Phi) is 3.46. The fraction of sp³-hybridized carbons (Fsp3) is 0. The molecule has 0 aliphatic carbocycles. The van der Waals surface area contributed by atoms with Crippen molar-refractivity contribution >= 4 is 29.4 Å². The van der Waals surface area contributed by atoms with Gasteiger partial charge in [-0.1, -0.05) is 6.07 Å². The number of hydrogen-bond acceptors (Lipinski definition) is 4. The number of nitrogens with zero attached hydrogens (tertiary/aromatic N) is 1. The van der Waals surface area contributed by atoms with Crippen LogP contribution in [0.5, 0.6) is 5.75 Å². The molecule has 1 aromatic carbocycles. The Morgan fingerprint density at radius 1 is 1.47 bits per heavy atom. The molecule has 0 aromatic heterocycles. The molecule has 0 spiro atoms. The monoisotopic (exact) mass is 297 g/mol. The zero-order valence-corrected chi connectivity index (χ0v) is 9.51. The van der Waals surface area contributed by atoms with Crippen LogP contribution in [0.15, 0.2) is 22.7 Å². The summed E-state index contributed by atoms with van der Waals surface area (Å²) in [5, 5.41) is 10.6. The molecule has 0 heterocycles. The number of nitro groups is 1. The van der Waals surface area contributed by atoms with E-state index >= 15 is 0 Å². The molecule has 1 rings (SSSR count). The molecular weight excluding hydrogens is 293 g/mol. The fourth-order valence-corrected chi connectivity index (χ4v) is 1.77. The van der Waals surface area contributed by atoms with Crippen molar-refractivity contribution in [2.24, 2.45) is 0 Å². The fourth-order valence-electron chi connectivity index (χ4n) is 0.875. The van der Waals surface area contributed by atoms with Gasteiger partial charge in [-0.2, -0.15) is 0 Å². The van der Waals surface area contributed by atoms with Gasteiger partial charge < -0.3 is 4.52 Å². The average Bonchev–Trinajstić information content (AvgIpc) is 1.99. The maximum atomic E-state index is 10.6. The molecule has 15 heavy (non-hydrogen) atoms. The molecule has 0 saturated heterocycles. The van der Waals surface area contributed by atoms with E-state index in [9.17, 15) is 14.7 Å². The van der Waals surface area contributed by atoms with E-state index in [0.717, 1.165) is 6.07 Å². The summed E-state index contributed by atoms with van der Waals surface area (Å²) in [7, 11) is -4.80. The van der Waals surface area contributed by atoms with Crippen LogP contribution in [-0.4, -0.2) is 14.7 Å². The normalized spacial score (nSPS) is 11.1. The Labute approximate surface area is 92.2 Å². The molecule has 0 fully saturated rings. The van der Waals surface area contributed by atoms with Crippen LogP contribution in [0.4, 0.5) is 5.69 Å². The van der Waals surface area contributed by atoms with Gasteiger partial charge in [-0.05, 0) is 28.1 Å². The van der Waals surface area contributed by atoms with E-state index in [0.29, 0.717) is 0 Å². The molecule has 0 unspecified atom stereocenters. The third kappa shape index (κ3) is 3.28. The van der Waals surface area contributed by atoms with Crippen LogP contribution >= 0.6 is 23.8 Å². The zero-order chi connectivity index (χ0) is 11.6. The van der Waals surface area contributed by atoms with Crippen molar-refractivity contribution in [1.29, 1.82) is 0 Å². The predicted molar refractivity (Wildman–Crippen MR) is 53.5 cm³/mol. The minimum atomic E-state index is -4.80. The number of hydrogen-bond donors (Lipinski definition) is 2. The Bertz CT molecular complexity index is 443. The molecule has 0 saturated carbocycles. The molecule has 82 valence electrons. The second-order valence-corrected chi connectivity index (χ2v) is 4.44. The van der Waals surface area contributed by atoms with Crippen LogP contribution in [0.2, 0.25) is 0 Å². The lowest BCUT2D eigenvalue weighted by Crippen LogP contribution is -1.96. The van der Waals surface area contributed by atoms with Gasteiger partial charge in [0.05, 0.1) is 9.40 Å². The average molecular weight is 298 g/mol. The van der Waals surface area contributed by atoms with E-state index in [1.54, 1.807) is 0 Å². The largest absolute Gasteiger partial charge is 0.525 e. The molecule has 1 aromatic rings. The van der Waals surface area contributed by atoms with Crippen LogP contribution in [-0.2, 0) is 4.57 Å². The van der Waals surface area contributed by atoms with Crippen molar-refractivity contribution in [3.05, 3.63) is 32.8 Å². The molecule has 0 atom stereocenters. The van der Waals surface area contributed by atoms with Gasteiger partial charge in [-0.3, -0.25) is 19.9 Å². The van der Waals surface area contributed by atoms with Crippen molar-refractivity contribution in [3.8, 4) is 5.75 Å². The number of halogens is 1. The highest BCUT2D eigenvalue weighted by Gasteiger charge is 2.25. The highest BCUT2D eigenvalue weighted by Crippen LogP contribution is 2.44. The maximum absolute atomic E-state index is 10.6. The van der Waals surface area contributed by atoms with Crippen LogP contribution in [0.25, 0.3) is 0 Å². The highest BCUT2D eigenvalue weighted by atomic mass is 79.9. The van der Waals surface area contributed by atoms with Gasteiger partial charge in [0, 0.05) is 0 Å². The van der Waals surface area contributed by atoms with Gasteiger partial charge >= 0.3 is 13.5 Å². The molecular formula is C6H5BrNO6P. The van der Waals surface area contributed by atoms with Gasteiger partial charge in [0.2, 0.25) is 5.75 Å². The minimum absolute atomic E-state index is 0.0819. The number of phosphoric acid groups is 1. The molecule has 0 amide bonds. The van der Waals surface area contributed by atoms with Crippen molar-refractivity contribution in [3.63, 3.8) is 0 Å². The van der Waals surface area contributed by atoms with Gasteiger partial charge in [0.15, 0.2) is 0 Å². The molecule has 0 aliphatic rings. The summed E-state index contributed by atoms with van der Waals surface area (Å²) in [5.74, 6) is -0.484. The Balaban J connectivity index is 3.24. The molecule has 9 heteroatoms. The molecule has 0 bridgehead atoms. The van der Waals surface area contributed by atoms with Crippen LogP contribution in [0.3, 0.4) is 0 Å². The first-order chi connectivity index (χ1) is 6.81. The van der Waals surface area contributed by atoms with E-state index in [4.69, 9.17) is 9.79 Å². The predicted octanol–water partition coefficient (Wildman–Crippen LogP) is 1.83. The van der Waals surface area contributed by atoms with Gasteiger partial charge in [0.1, 0.15) is 0 Å². The first kappa shape index (κ1) is 12.1. The quantitative estimate of drug-likeness (QED) is 0.500. The smallest absolute Gasteiger partial charge is 0.397 e. The summed E-state index contributed by atoms with van der Waals surface area (Å²) in [6.45, 7) is 0. The number of nitro benzene ring substituents is 1. The molecule has 7 nitrogen and oxygen atoms in total. The summed E-state index contributed by atoms with van der Waals surface area (Å²) < 4.78 is 14.8. The SMILES string of the molecule is O=[N+]([O-])c1c(Br)cccc1OP(=O)(O)O. The lowest BCUT2D eigenvalue weighted by molar-refractivity contribution is -0.386. The summed E-state index contributed by atoms with van der Waals surface area (Å²) in [6.07, 6.45) is 0. The van der Waals surface area contributed by atoms with Crippen molar-refractivity contribution in [1.82, 2.24) is 0 Å². The Hall–Kier alpha value is -0.950. The first-order valence-electron chi connectivity index (χ1n) is 3.49. The molecule has 0 aliphatic heterocycles. The third-order valence-corrected chi connectivity index (χ3v) is 2.42. The number of rotatable bonds is 3. The van der Waals surface area contributed by atoms with E-state index < -0.39 is 24.2 Å². The van der Waals surface area contributed by atoms with Crippen molar-refractivity contribution < 1.29 is 23.8 Å². The maximum Gasteiger partial charge on any atom is 0.525 e. The lowest BCUT2D eigenvalue weighted by Gasteiger charge is -2.07. The van der Waals surface area contributed by atoms with Crippen LogP contribution < -0.4 is 4.52 Å². The lowest BCUT2D eigenvalue weighted by atomic mass is 10.3. The highest BCUT2D eigenvalue weighted by molar-refractivity contribution is 9.10.